The zero-order valence-electron chi connectivity index (χ0n) is 20.9. The summed E-state index contributed by atoms with van der Waals surface area (Å²) in [6.45, 7) is 5.86. The van der Waals surface area contributed by atoms with Gasteiger partial charge in [-0.3, -0.25) is 0 Å². The van der Waals surface area contributed by atoms with E-state index in [4.69, 9.17) is 4.74 Å². The van der Waals surface area contributed by atoms with Gasteiger partial charge in [-0.2, -0.15) is 0 Å². The number of likely N-dealkylation sites (tertiary alicyclic amines) is 1. The molecule has 2 N–H and O–H groups in total. The van der Waals surface area contributed by atoms with Crippen LogP contribution >= 0.6 is 7.14 Å². The Morgan fingerprint density at radius 1 is 1.17 bits per heavy atom. The van der Waals surface area contributed by atoms with E-state index in [1.807, 2.05) is 68.4 Å². The maximum absolute atomic E-state index is 15.1. The molecule has 8 heteroatoms. The van der Waals surface area contributed by atoms with Gasteiger partial charge < -0.3 is 24.5 Å². The number of anilines is 2. The molecule has 2 aromatic heterocycles. The highest BCUT2D eigenvalue weighted by Gasteiger charge is 2.24. The van der Waals surface area contributed by atoms with Gasteiger partial charge in [0, 0.05) is 47.5 Å². The van der Waals surface area contributed by atoms with E-state index < -0.39 is 13.0 Å². The number of H-pyrrole nitrogens is 1. The number of fused-ring (bicyclic) bond motifs is 1. The van der Waals surface area contributed by atoms with Crippen molar-refractivity contribution in [2.75, 3.05) is 37.8 Å². The Morgan fingerprint density at radius 3 is 2.61 bits per heavy atom. The van der Waals surface area contributed by atoms with Crippen LogP contribution in [0.25, 0.3) is 22.3 Å². The van der Waals surface area contributed by atoms with E-state index in [1.54, 1.807) is 0 Å². The second kappa shape index (κ2) is 10.1. The van der Waals surface area contributed by atoms with E-state index in [1.165, 1.54) is 6.20 Å². The Balaban J connectivity index is 1.45. The first-order valence-corrected chi connectivity index (χ1v) is 14.6. The van der Waals surface area contributed by atoms with Gasteiger partial charge >= 0.3 is 0 Å². The van der Waals surface area contributed by atoms with Gasteiger partial charge in [-0.25, -0.2) is 9.37 Å². The second-order valence-electron chi connectivity index (χ2n) is 9.41. The molecule has 1 fully saturated rings. The Labute approximate surface area is 211 Å². The van der Waals surface area contributed by atoms with Crippen molar-refractivity contribution in [1.29, 1.82) is 0 Å². The SMILES string of the molecule is CCP(=O)(CC)c1ccccc1Nc1c(F)cnc2[nH]c(-c3ccc(OC4CCN(C)C4)cc3)cc12. The van der Waals surface area contributed by atoms with Crippen molar-refractivity contribution < 1.29 is 13.7 Å². The normalized spacial score (nSPS) is 16.5. The molecule has 5 rings (SSSR count). The number of aromatic nitrogens is 2. The Bertz CT molecular complexity index is 1410. The highest BCUT2D eigenvalue weighted by atomic mass is 31.2. The van der Waals surface area contributed by atoms with Crippen molar-refractivity contribution in [3.63, 3.8) is 0 Å². The predicted molar refractivity (Wildman–Crippen MR) is 146 cm³/mol. The summed E-state index contributed by atoms with van der Waals surface area (Å²) in [6, 6.07) is 17.3. The molecule has 1 aliphatic heterocycles. The van der Waals surface area contributed by atoms with Gasteiger partial charge in [0.05, 0.1) is 11.9 Å². The molecule has 36 heavy (non-hydrogen) atoms. The number of nitrogens with zero attached hydrogens (tertiary/aromatic N) is 2. The van der Waals surface area contributed by atoms with Crippen molar-refractivity contribution >= 4 is 34.9 Å². The minimum atomic E-state index is -2.57. The van der Waals surface area contributed by atoms with Crippen LogP contribution in [0.5, 0.6) is 5.75 Å². The fraction of sp³-hybridized carbons (Fsp3) is 0.321. The number of pyridine rings is 1. The van der Waals surface area contributed by atoms with Gasteiger partial charge in [0.15, 0.2) is 5.82 Å². The van der Waals surface area contributed by atoms with E-state index in [0.717, 1.165) is 41.8 Å². The van der Waals surface area contributed by atoms with E-state index >= 15 is 4.39 Å². The van der Waals surface area contributed by atoms with Gasteiger partial charge in [-0.15, -0.1) is 0 Å². The third kappa shape index (κ3) is 4.78. The summed E-state index contributed by atoms with van der Waals surface area (Å²) in [7, 11) is -0.464. The average molecular weight is 507 g/mol. The van der Waals surface area contributed by atoms with Crippen LogP contribution in [0.3, 0.4) is 0 Å². The highest BCUT2D eigenvalue weighted by molar-refractivity contribution is 7.71. The number of aromatic amines is 1. The van der Waals surface area contributed by atoms with Crippen LogP contribution < -0.4 is 15.4 Å². The predicted octanol–water partition coefficient (Wildman–Crippen LogP) is 6.22. The number of hydrogen-bond acceptors (Lipinski definition) is 5. The smallest absolute Gasteiger partial charge is 0.165 e. The molecule has 0 amide bonds. The number of halogens is 1. The van der Waals surface area contributed by atoms with Crippen molar-refractivity contribution in [3.05, 3.63) is 66.6 Å². The number of benzene rings is 2. The van der Waals surface area contributed by atoms with Crippen LogP contribution in [0.1, 0.15) is 20.3 Å². The Kier molecular flexibility index (Phi) is 6.87. The molecule has 1 unspecified atom stereocenters. The van der Waals surface area contributed by atoms with Gasteiger partial charge in [-0.1, -0.05) is 26.0 Å². The van der Waals surface area contributed by atoms with E-state index in [2.05, 4.69) is 27.2 Å². The first kappa shape index (κ1) is 24.5. The number of para-hydroxylation sites is 1. The lowest BCUT2D eigenvalue weighted by Crippen LogP contribution is -2.21. The number of nitrogens with one attached hydrogen (secondary N) is 2. The zero-order chi connectivity index (χ0) is 25.3. The molecule has 0 radical (unpaired) electrons. The average Bonchev–Trinajstić information content (AvgIpc) is 3.52. The van der Waals surface area contributed by atoms with E-state index in [0.29, 0.717) is 34.7 Å². The summed E-state index contributed by atoms with van der Waals surface area (Å²) < 4.78 is 34.7. The van der Waals surface area contributed by atoms with E-state index in [-0.39, 0.29) is 6.10 Å². The lowest BCUT2D eigenvalue weighted by molar-refractivity contribution is 0.208. The quantitative estimate of drug-likeness (QED) is 0.278. The van der Waals surface area contributed by atoms with Gasteiger partial charge in [0.2, 0.25) is 0 Å². The summed E-state index contributed by atoms with van der Waals surface area (Å²) >= 11 is 0. The van der Waals surface area contributed by atoms with Gasteiger partial charge in [0.1, 0.15) is 24.6 Å². The lowest BCUT2D eigenvalue weighted by Gasteiger charge is -2.20. The molecule has 0 aliphatic carbocycles. The number of rotatable bonds is 8. The largest absolute Gasteiger partial charge is 0.489 e. The third-order valence-corrected chi connectivity index (χ3v) is 10.4. The molecule has 6 nitrogen and oxygen atoms in total. The third-order valence-electron chi connectivity index (χ3n) is 7.05. The molecule has 0 spiro atoms. The zero-order valence-corrected chi connectivity index (χ0v) is 21.8. The van der Waals surface area contributed by atoms with Crippen molar-refractivity contribution in [3.8, 4) is 17.0 Å². The summed E-state index contributed by atoms with van der Waals surface area (Å²) in [5, 5.41) is 4.63. The first-order valence-electron chi connectivity index (χ1n) is 12.5. The minimum absolute atomic E-state index is 0.216. The molecule has 3 heterocycles. The van der Waals surface area contributed by atoms with Crippen LogP contribution in [0.15, 0.2) is 60.8 Å². The molecule has 1 saturated heterocycles. The lowest BCUT2D eigenvalue weighted by atomic mass is 10.1. The Hall–Kier alpha value is -3.15. The summed E-state index contributed by atoms with van der Waals surface area (Å²) in [5.74, 6) is 0.380. The molecule has 0 saturated carbocycles. The molecular formula is C28H32FN4O2P. The van der Waals surface area contributed by atoms with Crippen LogP contribution in [0, 0.1) is 5.82 Å². The molecule has 4 aromatic rings. The summed E-state index contributed by atoms with van der Waals surface area (Å²) in [4.78, 5) is 9.85. The van der Waals surface area contributed by atoms with Crippen molar-refractivity contribution in [2.24, 2.45) is 0 Å². The molecule has 1 aliphatic rings. The summed E-state index contributed by atoms with van der Waals surface area (Å²) in [6.07, 6.45) is 3.57. The van der Waals surface area contributed by atoms with Crippen LogP contribution in [-0.2, 0) is 4.57 Å². The van der Waals surface area contributed by atoms with Crippen LogP contribution in [0.4, 0.5) is 15.8 Å². The van der Waals surface area contributed by atoms with Crippen LogP contribution in [-0.4, -0.2) is 53.4 Å². The second-order valence-corrected chi connectivity index (χ2v) is 12.9. The van der Waals surface area contributed by atoms with Gasteiger partial charge in [-0.05, 0) is 61.5 Å². The van der Waals surface area contributed by atoms with E-state index in [9.17, 15) is 4.57 Å². The Morgan fingerprint density at radius 2 is 1.92 bits per heavy atom. The topological polar surface area (TPSA) is 70.2 Å². The number of ether oxygens (including phenoxy) is 1. The van der Waals surface area contributed by atoms with Crippen LogP contribution in [0.2, 0.25) is 0 Å². The minimum Gasteiger partial charge on any atom is -0.489 e. The fourth-order valence-electron chi connectivity index (χ4n) is 4.86. The highest BCUT2D eigenvalue weighted by Crippen LogP contribution is 2.46. The summed E-state index contributed by atoms with van der Waals surface area (Å²) in [5.41, 5.74) is 3.35. The molecule has 2 aromatic carbocycles. The molecule has 1 atom stereocenters. The van der Waals surface area contributed by atoms with Gasteiger partial charge in [0.25, 0.3) is 0 Å². The maximum Gasteiger partial charge on any atom is 0.165 e. The molecule has 0 bridgehead atoms. The number of hydrogen-bond donors (Lipinski definition) is 2. The fourth-order valence-corrected chi connectivity index (χ4v) is 6.92. The standard InChI is InChI=1S/C28H32FN4O2P/c1-4-36(34,5-2)26-9-7-6-8-24(26)31-27-22-16-25(32-28(22)30-17-23(27)29)19-10-12-20(13-11-19)35-21-14-15-33(3)18-21/h6-13,16-17,21H,4-5,14-15,18H2,1-3H3,(H2,30,31,32). The first-order chi connectivity index (χ1) is 17.4. The molecular weight excluding hydrogens is 474 g/mol. The monoisotopic (exact) mass is 506 g/mol. The van der Waals surface area contributed by atoms with Crippen molar-refractivity contribution in [2.45, 2.75) is 26.4 Å². The molecule has 188 valence electrons. The maximum atomic E-state index is 15.1. The number of likely N-dealkylation sites (N-methyl/N-ethyl adjacent to an activating group) is 1. The van der Waals surface area contributed by atoms with Crippen molar-refractivity contribution in [1.82, 2.24) is 14.9 Å².